The second-order valence-electron chi connectivity index (χ2n) is 4.41. The Kier molecular flexibility index (Phi) is 1.94. The number of fused-ring (bicyclic) bond motifs is 1. The highest BCUT2D eigenvalue weighted by Gasteiger charge is 2.55. The topological polar surface area (TPSA) is 30.0 Å². The van der Waals surface area contributed by atoms with Gasteiger partial charge in [-0.3, -0.25) is 4.79 Å². The van der Waals surface area contributed by atoms with E-state index in [2.05, 4.69) is 4.37 Å². The van der Waals surface area contributed by atoms with E-state index >= 15 is 0 Å². The summed E-state index contributed by atoms with van der Waals surface area (Å²) in [5.74, 6) is 2.40. The molecule has 2 aliphatic rings. The van der Waals surface area contributed by atoms with Crippen molar-refractivity contribution < 1.29 is 4.79 Å². The quantitative estimate of drug-likeness (QED) is 0.761. The number of hydrogen-bond acceptors (Lipinski definition) is 3. The number of ketones is 1. The van der Waals surface area contributed by atoms with Gasteiger partial charge in [0.15, 0.2) is 0 Å². The monoisotopic (exact) mass is 207 g/mol. The lowest BCUT2D eigenvalue weighted by Crippen LogP contribution is -2.07. The normalized spacial score (nSPS) is 34.1. The van der Waals surface area contributed by atoms with Crippen LogP contribution in [0.25, 0.3) is 0 Å². The fraction of sp³-hybridized carbons (Fsp3) is 0.636. The van der Waals surface area contributed by atoms with Crippen molar-refractivity contribution in [3.05, 3.63) is 17.1 Å². The molecule has 2 saturated carbocycles. The standard InChI is InChI=1S/C11H13NOS/c13-10(6-7-4-5-12-14-7)11-8-2-1-3-9(8)11/h4-5,8-9,11H,1-3,6H2. The fourth-order valence-corrected chi connectivity index (χ4v) is 3.51. The lowest BCUT2D eigenvalue weighted by atomic mass is 10.1. The minimum Gasteiger partial charge on any atom is -0.299 e. The molecular weight excluding hydrogens is 194 g/mol. The van der Waals surface area contributed by atoms with Crippen LogP contribution in [0.3, 0.4) is 0 Å². The first-order valence-corrected chi connectivity index (χ1v) is 6.06. The van der Waals surface area contributed by atoms with Gasteiger partial charge >= 0.3 is 0 Å². The van der Waals surface area contributed by atoms with E-state index in [1.807, 2.05) is 6.07 Å². The zero-order valence-electron chi connectivity index (χ0n) is 7.98. The summed E-state index contributed by atoms with van der Waals surface area (Å²) < 4.78 is 4.02. The van der Waals surface area contributed by atoms with Crippen molar-refractivity contribution in [2.75, 3.05) is 0 Å². The Bertz CT molecular complexity index is 336. The van der Waals surface area contributed by atoms with Gasteiger partial charge in [0.25, 0.3) is 0 Å². The van der Waals surface area contributed by atoms with E-state index in [-0.39, 0.29) is 0 Å². The molecule has 2 fully saturated rings. The van der Waals surface area contributed by atoms with Gasteiger partial charge in [-0.05, 0) is 42.3 Å². The summed E-state index contributed by atoms with van der Waals surface area (Å²) in [5, 5.41) is 0. The van der Waals surface area contributed by atoms with Crippen LogP contribution in [0.5, 0.6) is 0 Å². The third kappa shape index (κ3) is 1.31. The number of carbonyl (C=O) groups is 1. The summed E-state index contributed by atoms with van der Waals surface area (Å²) in [7, 11) is 0. The Morgan fingerprint density at radius 2 is 2.29 bits per heavy atom. The van der Waals surface area contributed by atoms with Gasteiger partial charge in [-0.25, -0.2) is 4.37 Å². The molecule has 0 saturated heterocycles. The highest BCUT2D eigenvalue weighted by atomic mass is 32.1. The van der Waals surface area contributed by atoms with E-state index in [1.54, 1.807) is 6.20 Å². The molecule has 1 heterocycles. The molecule has 0 spiro atoms. The minimum absolute atomic E-state index is 0.422. The molecule has 0 bridgehead atoms. The first kappa shape index (κ1) is 8.60. The van der Waals surface area contributed by atoms with Crippen LogP contribution >= 0.6 is 11.5 Å². The van der Waals surface area contributed by atoms with Gasteiger partial charge in [0.2, 0.25) is 0 Å². The minimum atomic E-state index is 0.422. The summed E-state index contributed by atoms with van der Waals surface area (Å²) in [5.41, 5.74) is 0. The zero-order valence-corrected chi connectivity index (χ0v) is 8.80. The van der Waals surface area contributed by atoms with Crippen LogP contribution in [0.1, 0.15) is 24.1 Å². The fourth-order valence-electron chi connectivity index (χ4n) is 2.92. The third-order valence-electron chi connectivity index (χ3n) is 3.62. The number of nitrogens with zero attached hydrogens (tertiary/aromatic N) is 1. The molecule has 2 nitrogen and oxygen atoms in total. The summed E-state index contributed by atoms with van der Waals surface area (Å²) in [4.78, 5) is 13.0. The molecule has 1 aromatic heterocycles. The molecule has 0 aliphatic heterocycles. The second-order valence-corrected chi connectivity index (χ2v) is 5.32. The summed E-state index contributed by atoms with van der Waals surface area (Å²) in [6, 6.07) is 1.96. The van der Waals surface area contributed by atoms with Crippen molar-refractivity contribution >= 4 is 17.3 Å². The number of carbonyl (C=O) groups excluding carboxylic acids is 1. The van der Waals surface area contributed by atoms with Crippen LogP contribution in [-0.4, -0.2) is 10.2 Å². The van der Waals surface area contributed by atoms with E-state index in [1.165, 1.54) is 30.8 Å². The molecule has 3 heteroatoms. The molecule has 74 valence electrons. The van der Waals surface area contributed by atoms with Gasteiger partial charge in [-0.2, -0.15) is 0 Å². The molecule has 0 amide bonds. The molecular formula is C11H13NOS. The molecule has 2 atom stereocenters. The highest BCUT2D eigenvalue weighted by molar-refractivity contribution is 7.05. The molecule has 3 rings (SSSR count). The highest BCUT2D eigenvalue weighted by Crippen LogP contribution is 2.58. The van der Waals surface area contributed by atoms with E-state index in [0.29, 0.717) is 18.1 Å². The number of aromatic nitrogens is 1. The van der Waals surface area contributed by atoms with Crippen molar-refractivity contribution in [2.24, 2.45) is 17.8 Å². The average molecular weight is 207 g/mol. The Hall–Kier alpha value is -0.700. The predicted octanol–water partition coefficient (Wildman–Crippen LogP) is 2.30. The molecule has 0 radical (unpaired) electrons. The Morgan fingerprint density at radius 3 is 2.93 bits per heavy atom. The van der Waals surface area contributed by atoms with Crippen LogP contribution in [0.15, 0.2) is 12.3 Å². The van der Waals surface area contributed by atoms with Crippen LogP contribution in [0.2, 0.25) is 0 Å². The van der Waals surface area contributed by atoms with E-state index in [0.717, 1.165) is 16.7 Å². The molecule has 2 unspecified atom stereocenters. The van der Waals surface area contributed by atoms with Crippen molar-refractivity contribution in [1.82, 2.24) is 4.37 Å². The van der Waals surface area contributed by atoms with Gasteiger partial charge in [0.05, 0.1) is 0 Å². The Balaban J connectivity index is 1.62. The van der Waals surface area contributed by atoms with Crippen LogP contribution in [0.4, 0.5) is 0 Å². The average Bonchev–Trinajstić information content (AvgIpc) is 2.63. The predicted molar refractivity (Wildman–Crippen MR) is 55.1 cm³/mol. The maximum Gasteiger partial charge on any atom is 0.141 e. The Morgan fingerprint density at radius 1 is 1.50 bits per heavy atom. The first-order valence-electron chi connectivity index (χ1n) is 5.28. The van der Waals surface area contributed by atoms with Gasteiger partial charge in [-0.15, -0.1) is 0 Å². The first-order chi connectivity index (χ1) is 6.86. The zero-order chi connectivity index (χ0) is 9.54. The van der Waals surface area contributed by atoms with Crippen LogP contribution in [-0.2, 0) is 11.2 Å². The summed E-state index contributed by atoms with van der Waals surface area (Å²) >= 11 is 1.45. The summed E-state index contributed by atoms with van der Waals surface area (Å²) in [6.45, 7) is 0. The number of hydrogen-bond donors (Lipinski definition) is 0. The maximum atomic E-state index is 11.9. The number of rotatable bonds is 3. The smallest absolute Gasteiger partial charge is 0.141 e. The van der Waals surface area contributed by atoms with Gasteiger partial charge < -0.3 is 0 Å². The van der Waals surface area contributed by atoms with E-state index in [4.69, 9.17) is 0 Å². The SMILES string of the molecule is O=C(Cc1ccns1)C1C2CCCC21. The molecule has 14 heavy (non-hydrogen) atoms. The van der Waals surface area contributed by atoms with Crippen LogP contribution in [0, 0.1) is 17.8 Å². The Labute approximate surface area is 87.5 Å². The molecule has 1 aromatic rings. The van der Waals surface area contributed by atoms with Crippen molar-refractivity contribution in [3.63, 3.8) is 0 Å². The van der Waals surface area contributed by atoms with Crippen LogP contribution < -0.4 is 0 Å². The van der Waals surface area contributed by atoms with Crippen molar-refractivity contribution in [3.8, 4) is 0 Å². The molecule has 2 aliphatic carbocycles. The second kappa shape index (κ2) is 3.16. The van der Waals surface area contributed by atoms with Crippen molar-refractivity contribution in [2.45, 2.75) is 25.7 Å². The van der Waals surface area contributed by atoms with E-state index < -0.39 is 0 Å². The molecule has 0 N–H and O–H groups in total. The van der Waals surface area contributed by atoms with Gasteiger partial charge in [-0.1, -0.05) is 6.42 Å². The van der Waals surface area contributed by atoms with E-state index in [9.17, 15) is 4.79 Å². The summed E-state index contributed by atoms with van der Waals surface area (Å²) in [6.07, 6.45) is 6.34. The maximum absolute atomic E-state index is 11.9. The van der Waals surface area contributed by atoms with Gasteiger partial charge in [0, 0.05) is 23.4 Å². The van der Waals surface area contributed by atoms with Gasteiger partial charge in [0.1, 0.15) is 5.78 Å². The van der Waals surface area contributed by atoms with Crippen molar-refractivity contribution in [1.29, 1.82) is 0 Å². The lowest BCUT2D eigenvalue weighted by Gasteiger charge is -2.00. The molecule has 0 aromatic carbocycles. The largest absolute Gasteiger partial charge is 0.299 e. The number of Topliss-reactive ketones (excluding diaryl/α,β-unsaturated/α-hetero) is 1. The third-order valence-corrected chi connectivity index (χ3v) is 4.36. The lowest BCUT2D eigenvalue weighted by molar-refractivity contribution is -0.120.